The first kappa shape index (κ1) is 8.85. The summed E-state index contributed by atoms with van der Waals surface area (Å²) in [6, 6.07) is 8.73. The number of benzene rings is 1. The van der Waals surface area contributed by atoms with Crippen molar-refractivity contribution >= 4 is 19.6 Å². The maximum atomic E-state index is 2.26. The van der Waals surface area contributed by atoms with Crippen LogP contribution in [0.5, 0.6) is 0 Å². The number of hydrogen-bond donors (Lipinski definition) is 0. The van der Waals surface area contributed by atoms with E-state index < -0.39 is 0 Å². The third kappa shape index (κ3) is 2.69. The molecule has 0 radical (unpaired) electrons. The zero-order valence-corrected chi connectivity index (χ0v) is 8.46. The van der Waals surface area contributed by atoms with E-state index in [2.05, 4.69) is 38.1 Å². The summed E-state index contributed by atoms with van der Waals surface area (Å²) < 4.78 is 1.59. The summed E-state index contributed by atoms with van der Waals surface area (Å²) >= 11 is 0.531. The average molecular weight is 161 g/mol. The summed E-state index contributed by atoms with van der Waals surface area (Å²) in [5.74, 6) is 0. The molecular formula is C10H14Al+. The van der Waals surface area contributed by atoms with E-state index in [0.717, 1.165) is 0 Å². The molecule has 0 fully saturated rings. The summed E-state index contributed by atoms with van der Waals surface area (Å²) in [5.41, 5.74) is 1.47. The van der Waals surface area contributed by atoms with Crippen LogP contribution in [0.3, 0.4) is 0 Å². The number of hydrogen-bond acceptors (Lipinski definition) is 0. The fourth-order valence-electron chi connectivity index (χ4n) is 1.12. The molecule has 0 heterocycles. The van der Waals surface area contributed by atoms with Crippen molar-refractivity contribution in [2.75, 3.05) is 0 Å². The molecule has 1 rings (SSSR count). The van der Waals surface area contributed by atoms with E-state index in [1.165, 1.54) is 17.3 Å². The van der Waals surface area contributed by atoms with Gasteiger partial charge in [-0.3, -0.25) is 0 Å². The molecule has 0 unspecified atom stereocenters. The summed E-state index contributed by atoms with van der Waals surface area (Å²) in [5, 5.41) is 1.39. The molecule has 0 saturated heterocycles. The molecule has 0 spiro atoms. The molecule has 0 N–H and O–H groups in total. The molecule has 0 saturated carbocycles. The minimum absolute atomic E-state index is 0.531. The first-order valence-corrected chi connectivity index (χ1v) is 5.63. The van der Waals surface area contributed by atoms with Gasteiger partial charge in [0.25, 0.3) is 0 Å². The van der Waals surface area contributed by atoms with Crippen LogP contribution in [-0.4, -0.2) is 15.2 Å². The predicted octanol–water partition coefficient (Wildman–Crippen LogP) is 2.15. The van der Waals surface area contributed by atoms with Crippen molar-refractivity contribution in [1.82, 2.24) is 0 Å². The van der Waals surface area contributed by atoms with Gasteiger partial charge >= 0.3 is 75.0 Å². The van der Waals surface area contributed by atoms with Gasteiger partial charge in [-0.1, -0.05) is 0 Å². The molecule has 1 aromatic carbocycles. The van der Waals surface area contributed by atoms with Gasteiger partial charge in [-0.2, -0.15) is 0 Å². The van der Waals surface area contributed by atoms with Crippen molar-refractivity contribution < 1.29 is 0 Å². The monoisotopic (exact) mass is 161 g/mol. The van der Waals surface area contributed by atoms with E-state index in [0.29, 0.717) is 15.2 Å². The van der Waals surface area contributed by atoms with Gasteiger partial charge in [0.05, 0.1) is 0 Å². The van der Waals surface area contributed by atoms with E-state index in [1.807, 2.05) is 0 Å². The van der Waals surface area contributed by atoms with Crippen molar-refractivity contribution in [2.24, 2.45) is 0 Å². The van der Waals surface area contributed by atoms with Crippen LogP contribution in [0.4, 0.5) is 0 Å². The Morgan fingerprint density at radius 1 is 1.27 bits per heavy atom. The Balaban J connectivity index is 2.62. The van der Waals surface area contributed by atoms with Gasteiger partial charge in [-0.05, 0) is 0 Å². The van der Waals surface area contributed by atoms with Crippen molar-refractivity contribution in [3.8, 4) is 0 Å². The quantitative estimate of drug-likeness (QED) is 0.596. The van der Waals surface area contributed by atoms with Crippen LogP contribution in [0, 0.1) is 6.92 Å². The molecule has 0 aliphatic rings. The van der Waals surface area contributed by atoms with Gasteiger partial charge in [0, 0.05) is 0 Å². The maximum absolute atomic E-state index is 2.26. The molecule has 1 heteroatoms. The fourth-order valence-corrected chi connectivity index (χ4v) is 2.38. The van der Waals surface area contributed by atoms with Gasteiger partial charge in [-0.25, -0.2) is 0 Å². The van der Waals surface area contributed by atoms with Crippen LogP contribution < -0.4 is 4.43 Å². The molecule has 0 amide bonds. The molecule has 11 heavy (non-hydrogen) atoms. The normalized spacial score (nSPS) is 9.27. The Labute approximate surface area is 75.3 Å². The Kier molecular flexibility index (Phi) is 3.69. The Morgan fingerprint density at radius 3 is 2.64 bits per heavy atom. The minimum atomic E-state index is 0.531. The summed E-state index contributed by atoms with van der Waals surface area (Å²) in [6.07, 6.45) is 1.32. The van der Waals surface area contributed by atoms with Crippen LogP contribution in [0.25, 0.3) is 0 Å². The molecular weight excluding hydrogens is 147 g/mol. The van der Waals surface area contributed by atoms with Gasteiger partial charge in [0.1, 0.15) is 0 Å². The number of rotatable bonds is 3. The van der Waals surface area contributed by atoms with Crippen LogP contribution in [0.1, 0.15) is 18.9 Å². The van der Waals surface area contributed by atoms with E-state index in [4.69, 9.17) is 0 Å². The van der Waals surface area contributed by atoms with Crippen molar-refractivity contribution in [3.05, 3.63) is 29.8 Å². The zero-order valence-electron chi connectivity index (χ0n) is 7.30. The topological polar surface area (TPSA) is 0 Å². The second-order valence-corrected chi connectivity index (χ2v) is 4.46. The first-order valence-electron chi connectivity index (χ1n) is 4.23. The first-order chi connectivity index (χ1) is 5.34. The van der Waals surface area contributed by atoms with E-state index in [1.54, 1.807) is 4.43 Å². The summed E-state index contributed by atoms with van der Waals surface area (Å²) in [7, 11) is 0. The van der Waals surface area contributed by atoms with Crippen molar-refractivity contribution in [1.29, 1.82) is 0 Å². The molecule has 0 nitrogen and oxygen atoms in total. The molecule has 0 atom stereocenters. The van der Waals surface area contributed by atoms with Crippen LogP contribution in [0.2, 0.25) is 5.28 Å². The zero-order chi connectivity index (χ0) is 8.10. The van der Waals surface area contributed by atoms with Gasteiger partial charge in [0.2, 0.25) is 0 Å². The van der Waals surface area contributed by atoms with Gasteiger partial charge in [0.15, 0.2) is 0 Å². The van der Waals surface area contributed by atoms with Gasteiger partial charge < -0.3 is 0 Å². The Bertz CT molecular complexity index is 218. The molecule has 56 valence electrons. The van der Waals surface area contributed by atoms with E-state index in [9.17, 15) is 0 Å². The fraction of sp³-hybridized carbons (Fsp3) is 0.400. The molecule has 0 bridgehead atoms. The van der Waals surface area contributed by atoms with Crippen molar-refractivity contribution in [2.45, 2.75) is 25.6 Å². The van der Waals surface area contributed by atoms with E-state index >= 15 is 0 Å². The van der Waals surface area contributed by atoms with Crippen LogP contribution in [-0.2, 0) is 0 Å². The Hall–Kier alpha value is -0.248. The number of aryl methyl sites for hydroxylation is 1. The third-order valence-electron chi connectivity index (χ3n) is 1.84. The Morgan fingerprint density at radius 2 is 2.00 bits per heavy atom. The standard InChI is InChI=1S/C7H7.C3H7.Al/c1-7-5-3-2-4-6-7;1-3-2;/h2-5H,1H3;1,3H2,2H3;/q;;+1. The van der Waals surface area contributed by atoms with E-state index in [-0.39, 0.29) is 0 Å². The molecule has 0 aliphatic heterocycles. The van der Waals surface area contributed by atoms with Crippen LogP contribution in [0.15, 0.2) is 24.3 Å². The van der Waals surface area contributed by atoms with Gasteiger partial charge in [-0.15, -0.1) is 0 Å². The second-order valence-electron chi connectivity index (χ2n) is 2.85. The van der Waals surface area contributed by atoms with Crippen LogP contribution >= 0.6 is 0 Å². The molecule has 1 aromatic rings. The summed E-state index contributed by atoms with van der Waals surface area (Å²) in [6.45, 7) is 4.46. The summed E-state index contributed by atoms with van der Waals surface area (Å²) in [4.78, 5) is 0. The molecule has 0 aromatic heterocycles. The van der Waals surface area contributed by atoms with Crippen molar-refractivity contribution in [3.63, 3.8) is 0 Å². The molecule has 0 aliphatic carbocycles. The SMILES string of the molecule is CC[CH2][Al+][c]1ccccc1C. The predicted molar refractivity (Wildman–Crippen MR) is 51.7 cm³/mol. The third-order valence-corrected chi connectivity index (χ3v) is 3.80. The second kappa shape index (κ2) is 4.59. The average Bonchev–Trinajstić information content (AvgIpc) is 2.03.